The highest BCUT2D eigenvalue weighted by atomic mass is 28.4. The Morgan fingerprint density at radius 2 is 1.90 bits per heavy atom. The molecule has 0 aromatic heterocycles. The van der Waals surface area contributed by atoms with Crippen molar-refractivity contribution in [2.24, 2.45) is 5.41 Å². The van der Waals surface area contributed by atoms with Gasteiger partial charge in [-0.15, -0.1) is 6.58 Å². The van der Waals surface area contributed by atoms with Crippen LogP contribution in [0.4, 0.5) is 0 Å². The van der Waals surface area contributed by atoms with Crippen LogP contribution in [0.25, 0.3) is 0 Å². The van der Waals surface area contributed by atoms with Gasteiger partial charge in [0.05, 0.1) is 13.2 Å². The van der Waals surface area contributed by atoms with Gasteiger partial charge in [0, 0.05) is 25.2 Å². The summed E-state index contributed by atoms with van der Waals surface area (Å²) < 4.78 is 23.4. The molecule has 168 valence electrons. The van der Waals surface area contributed by atoms with E-state index in [-0.39, 0.29) is 11.1 Å². The maximum atomic E-state index is 11.9. The van der Waals surface area contributed by atoms with Crippen LogP contribution in [-0.4, -0.2) is 58.2 Å². The molecule has 0 amide bonds. The molecule has 0 saturated carbocycles. The van der Waals surface area contributed by atoms with E-state index in [1.165, 1.54) is 20.3 Å². The van der Waals surface area contributed by atoms with E-state index in [9.17, 15) is 9.90 Å². The van der Waals surface area contributed by atoms with Crippen molar-refractivity contribution in [1.82, 2.24) is 0 Å². The Morgan fingerprint density at radius 1 is 1.31 bits per heavy atom. The summed E-state index contributed by atoms with van der Waals surface area (Å²) in [6, 6.07) is 0. The summed E-state index contributed by atoms with van der Waals surface area (Å²) in [4.78, 5) is 11.9. The molecule has 7 heteroatoms. The minimum absolute atomic E-state index is 0.0523. The van der Waals surface area contributed by atoms with Crippen LogP contribution in [0.3, 0.4) is 0 Å². The van der Waals surface area contributed by atoms with Gasteiger partial charge in [0.2, 0.25) is 5.79 Å². The van der Waals surface area contributed by atoms with E-state index in [1.54, 1.807) is 6.08 Å². The van der Waals surface area contributed by atoms with Crippen LogP contribution < -0.4 is 0 Å². The molecule has 1 heterocycles. The summed E-state index contributed by atoms with van der Waals surface area (Å²) in [5.74, 6) is -1.89. The van der Waals surface area contributed by atoms with E-state index >= 15 is 0 Å². The van der Waals surface area contributed by atoms with Gasteiger partial charge in [-0.05, 0) is 36.5 Å². The van der Waals surface area contributed by atoms with Crippen molar-refractivity contribution in [2.75, 3.05) is 20.8 Å². The lowest BCUT2D eigenvalue weighted by atomic mass is 9.75. The standard InChI is InChI=1S/C22H40O6Si/c1-11-12-17-13-16(14-18(23)25-7)19(24)22(26-8,28-17)21(5,6)15-27-29(9,10)20(2,3)4/h11,14,17,19,24H,1,12-13,15H2,2-10H3/b16-14+/t17-,19+,22-/m1/s1. The van der Waals surface area contributed by atoms with Gasteiger partial charge in [-0.2, -0.15) is 0 Å². The van der Waals surface area contributed by atoms with Crippen LogP contribution in [0.15, 0.2) is 24.3 Å². The van der Waals surface area contributed by atoms with Crippen molar-refractivity contribution in [3.63, 3.8) is 0 Å². The summed E-state index contributed by atoms with van der Waals surface area (Å²) in [6.45, 7) is 19.0. The van der Waals surface area contributed by atoms with Crippen LogP contribution in [0.2, 0.25) is 18.1 Å². The second-order valence-electron chi connectivity index (χ2n) is 9.92. The molecule has 0 radical (unpaired) electrons. The Labute approximate surface area is 177 Å². The molecule has 3 atom stereocenters. The molecule has 0 aliphatic carbocycles. The number of esters is 1. The molecule has 0 bridgehead atoms. The fraction of sp³-hybridized carbons (Fsp3) is 0.773. The first-order chi connectivity index (χ1) is 13.2. The molecule has 1 N–H and O–H groups in total. The zero-order valence-electron chi connectivity index (χ0n) is 19.6. The van der Waals surface area contributed by atoms with E-state index < -0.39 is 31.6 Å². The van der Waals surface area contributed by atoms with E-state index in [4.69, 9.17) is 18.6 Å². The van der Waals surface area contributed by atoms with Crippen molar-refractivity contribution in [2.45, 2.75) is 83.6 Å². The van der Waals surface area contributed by atoms with Crippen LogP contribution in [-0.2, 0) is 23.4 Å². The molecule has 1 aliphatic heterocycles. The molecule has 29 heavy (non-hydrogen) atoms. The van der Waals surface area contributed by atoms with Gasteiger partial charge in [-0.1, -0.05) is 40.7 Å². The Balaban J connectivity index is 3.32. The maximum absolute atomic E-state index is 11.9. The Hall–Kier alpha value is -0.993. The average molecular weight is 429 g/mol. The predicted octanol–water partition coefficient (Wildman–Crippen LogP) is 4.20. The lowest BCUT2D eigenvalue weighted by molar-refractivity contribution is -0.347. The first-order valence-electron chi connectivity index (χ1n) is 10.1. The second kappa shape index (κ2) is 9.43. The van der Waals surface area contributed by atoms with Crippen LogP contribution in [0, 0.1) is 5.41 Å². The molecule has 1 fully saturated rings. The summed E-state index contributed by atoms with van der Waals surface area (Å²) in [6.07, 6.45) is 2.64. The lowest BCUT2D eigenvalue weighted by Crippen LogP contribution is -2.64. The van der Waals surface area contributed by atoms with Crippen molar-refractivity contribution in [1.29, 1.82) is 0 Å². The van der Waals surface area contributed by atoms with Crippen LogP contribution >= 0.6 is 0 Å². The highest BCUT2D eigenvalue weighted by Gasteiger charge is 2.58. The van der Waals surface area contributed by atoms with E-state index in [2.05, 4.69) is 40.4 Å². The molecule has 1 aliphatic rings. The smallest absolute Gasteiger partial charge is 0.330 e. The average Bonchev–Trinajstić information content (AvgIpc) is 2.61. The second-order valence-corrected chi connectivity index (χ2v) is 14.7. The molecular weight excluding hydrogens is 388 g/mol. The summed E-state index contributed by atoms with van der Waals surface area (Å²) in [7, 11) is 0.805. The first-order valence-corrected chi connectivity index (χ1v) is 13.0. The first kappa shape index (κ1) is 26.0. The van der Waals surface area contributed by atoms with Gasteiger partial charge in [0.15, 0.2) is 8.32 Å². The van der Waals surface area contributed by atoms with Crippen molar-refractivity contribution < 1.29 is 28.5 Å². The molecule has 0 unspecified atom stereocenters. The van der Waals surface area contributed by atoms with Crippen LogP contribution in [0.5, 0.6) is 0 Å². The molecule has 0 aromatic carbocycles. The molecular formula is C22H40O6Si. The van der Waals surface area contributed by atoms with E-state index in [0.29, 0.717) is 25.0 Å². The number of hydrogen-bond donors (Lipinski definition) is 1. The predicted molar refractivity (Wildman–Crippen MR) is 117 cm³/mol. The maximum Gasteiger partial charge on any atom is 0.330 e. The summed E-state index contributed by atoms with van der Waals surface area (Å²) in [5.41, 5.74) is -0.177. The number of aliphatic hydroxyl groups excluding tert-OH is 1. The number of hydrogen-bond acceptors (Lipinski definition) is 6. The molecule has 1 saturated heterocycles. The molecule has 0 aromatic rings. The third-order valence-electron chi connectivity index (χ3n) is 6.30. The fourth-order valence-electron chi connectivity index (χ4n) is 3.28. The van der Waals surface area contributed by atoms with Crippen LogP contribution in [0.1, 0.15) is 47.5 Å². The fourth-order valence-corrected chi connectivity index (χ4v) is 4.44. The van der Waals surface area contributed by atoms with E-state index in [0.717, 1.165) is 0 Å². The van der Waals surface area contributed by atoms with Crippen molar-refractivity contribution >= 4 is 14.3 Å². The van der Waals surface area contributed by atoms with Gasteiger partial charge < -0.3 is 23.7 Å². The number of aliphatic hydroxyl groups is 1. The highest BCUT2D eigenvalue weighted by molar-refractivity contribution is 6.74. The molecule has 0 spiro atoms. The minimum atomic E-state index is -2.02. The lowest BCUT2D eigenvalue weighted by Gasteiger charge is -2.53. The number of carbonyl (C=O) groups excluding carboxylic acids is 1. The Morgan fingerprint density at radius 3 is 2.34 bits per heavy atom. The Kier molecular flexibility index (Phi) is 8.47. The third-order valence-corrected chi connectivity index (χ3v) is 10.8. The normalized spacial score (nSPS) is 27.7. The minimum Gasteiger partial charge on any atom is -0.466 e. The van der Waals surface area contributed by atoms with Gasteiger partial charge in [-0.25, -0.2) is 4.79 Å². The summed E-state index contributed by atoms with van der Waals surface area (Å²) in [5, 5.41) is 11.3. The number of methoxy groups -OCH3 is 2. The van der Waals surface area contributed by atoms with Gasteiger partial charge >= 0.3 is 5.97 Å². The molecule has 6 nitrogen and oxygen atoms in total. The topological polar surface area (TPSA) is 74.2 Å². The number of ether oxygens (including phenoxy) is 3. The van der Waals surface area contributed by atoms with E-state index in [1.807, 2.05) is 13.8 Å². The SMILES string of the molecule is C=CC[C@@H]1C/C(=C\C(=O)OC)[C@H](O)[C@](OC)(C(C)(C)CO[Si](C)(C)C(C)(C)C)O1. The Bertz CT molecular complexity index is 619. The third kappa shape index (κ3) is 5.58. The van der Waals surface area contributed by atoms with Gasteiger partial charge in [0.1, 0.15) is 6.10 Å². The monoisotopic (exact) mass is 428 g/mol. The number of rotatable bonds is 8. The summed E-state index contributed by atoms with van der Waals surface area (Å²) >= 11 is 0. The van der Waals surface area contributed by atoms with Gasteiger partial charge in [-0.3, -0.25) is 0 Å². The highest BCUT2D eigenvalue weighted by Crippen LogP contribution is 2.47. The van der Waals surface area contributed by atoms with Gasteiger partial charge in [0.25, 0.3) is 0 Å². The zero-order valence-corrected chi connectivity index (χ0v) is 20.6. The van der Waals surface area contributed by atoms with Crippen molar-refractivity contribution in [3.8, 4) is 0 Å². The quantitative estimate of drug-likeness (QED) is 0.270. The largest absolute Gasteiger partial charge is 0.466 e. The number of carbonyl (C=O) groups is 1. The molecule has 1 rings (SSSR count). The van der Waals surface area contributed by atoms with Crippen molar-refractivity contribution in [3.05, 3.63) is 24.3 Å². The zero-order chi connectivity index (χ0) is 22.7.